The van der Waals surface area contributed by atoms with Crippen LogP contribution in [0.4, 0.5) is 0 Å². The van der Waals surface area contributed by atoms with E-state index in [1.165, 1.54) is 23.1 Å². The van der Waals surface area contributed by atoms with E-state index in [1.54, 1.807) is 7.05 Å². The Morgan fingerprint density at radius 3 is 2.38 bits per heavy atom. The van der Waals surface area contributed by atoms with Gasteiger partial charge in [0.25, 0.3) is 5.91 Å². The van der Waals surface area contributed by atoms with Crippen molar-refractivity contribution in [1.82, 2.24) is 4.90 Å². The van der Waals surface area contributed by atoms with Crippen molar-refractivity contribution in [2.24, 2.45) is 5.73 Å². The van der Waals surface area contributed by atoms with Gasteiger partial charge in [-0.15, -0.1) is 0 Å². The maximum Gasteiger partial charge on any atom is 0.253 e. The molecule has 0 radical (unpaired) electrons. The Hall–Kier alpha value is -1.75. The van der Waals surface area contributed by atoms with Crippen molar-refractivity contribution in [2.45, 2.75) is 6.42 Å². The van der Waals surface area contributed by atoms with Crippen molar-refractivity contribution in [2.75, 3.05) is 20.1 Å². The van der Waals surface area contributed by atoms with Gasteiger partial charge in [-0.3, -0.25) is 4.79 Å². The summed E-state index contributed by atoms with van der Waals surface area (Å²) >= 11 is 0. The molecule has 5 heteroatoms. The van der Waals surface area contributed by atoms with Crippen LogP contribution in [0.5, 0.6) is 11.5 Å². The molecule has 0 atom stereocenters. The predicted molar refractivity (Wildman–Crippen MR) is 60.4 cm³/mol. The van der Waals surface area contributed by atoms with Crippen molar-refractivity contribution < 1.29 is 15.0 Å². The number of benzene rings is 1. The third-order valence-electron chi connectivity index (χ3n) is 2.19. The highest BCUT2D eigenvalue weighted by Crippen LogP contribution is 2.21. The van der Waals surface area contributed by atoms with Crippen molar-refractivity contribution in [3.63, 3.8) is 0 Å². The van der Waals surface area contributed by atoms with E-state index in [4.69, 9.17) is 5.73 Å². The largest absolute Gasteiger partial charge is 0.508 e. The van der Waals surface area contributed by atoms with Crippen LogP contribution >= 0.6 is 0 Å². The van der Waals surface area contributed by atoms with Crippen LogP contribution in [0.2, 0.25) is 0 Å². The summed E-state index contributed by atoms with van der Waals surface area (Å²) in [6.07, 6.45) is 0.715. The lowest BCUT2D eigenvalue weighted by Crippen LogP contribution is -2.28. The van der Waals surface area contributed by atoms with E-state index in [0.29, 0.717) is 19.5 Å². The highest BCUT2D eigenvalue weighted by Gasteiger charge is 2.12. The summed E-state index contributed by atoms with van der Waals surface area (Å²) in [5, 5.41) is 18.5. The number of nitrogens with zero attached hydrogens (tertiary/aromatic N) is 1. The highest BCUT2D eigenvalue weighted by atomic mass is 16.3. The average molecular weight is 224 g/mol. The minimum atomic E-state index is -0.250. The first-order valence-electron chi connectivity index (χ1n) is 5.03. The maximum absolute atomic E-state index is 11.8. The summed E-state index contributed by atoms with van der Waals surface area (Å²) in [7, 11) is 1.65. The third-order valence-corrected chi connectivity index (χ3v) is 2.19. The standard InChI is InChI=1S/C11H16N2O3/c1-13(4-2-3-12)11(16)8-5-9(14)7-10(15)6-8/h5-7,14-15H,2-4,12H2,1H3. The number of hydrogen-bond acceptors (Lipinski definition) is 4. The van der Waals surface area contributed by atoms with Crippen LogP contribution in [0.1, 0.15) is 16.8 Å². The molecule has 1 aromatic carbocycles. The zero-order chi connectivity index (χ0) is 12.1. The monoisotopic (exact) mass is 224 g/mol. The Morgan fingerprint density at radius 2 is 1.88 bits per heavy atom. The second kappa shape index (κ2) is 5.37. The fourth-order valence-corrected chi connectivity index (χ4v) is 1.37. The quantitative estimate of drug-likeness (QED) is 0.695. The highest BCUT2D eigenvalue weighted by molar-refractivity contribution is 5.94. The molecular formula is C11H16N2O3. The SMILES string of the molecule is CN(CCCN)C(=O)c1cc(O)cc(O)c1. The normalized spacial score (nSPS) is 10.1. The summed E-state index contributed by atoms with van der Waals surface area (Å²) in [6, 6.07) is 3.82. The smallest absolute Gasteiger partial charge is 0.253 e. The first-order chi connectivity index (χ1) is 7.54. The molecule has 5 nitrogen and oxygen atoms in total. The molecule has 1 aromatic rings. The third kappa shape index (κ3) is 3.13. The Kier molecular flexibility index (Phi) is 4.13. The number of carbonyl (C=O) groups is 1. The van der Waals surface area contributed by atoms with Crippen LogP contribution < -0.4 is 5.73 Å². The minimum absolute atomic E-state index is 0.129. The molecule has 0 fully saturated rings. The van der Waals surface area contributed by atoms with E-state index in [9.17, 15) is 15.0 Å². The summed E-state index contributed by atoms with van der Waals surface area (Å²) in [6.45, 7) is 1.06. The van der Waals surface area contributed by atoms with E-state index >= 15 is 0 Å². The van der Waals surface area contributed by atoms with Gasteiger partial charge in [0.2, 0.25) is 0 Å². The molecule has 1 rings (SSSR count). The van der Waals surface area contributed by atoms with Gasteiger partial charge in [-0.1, -0.05) is 0 Å². The molecule has 16 heavy (non-hydrogen) atoms. The van der Waals surface area contributed by atoms with Crippen molar-refractivity contribution >= 4 is 5.91 Å². The number of aromatic hydroxyl groups is 2. The van der Waals surface area contributed by atoms with E-state index < -0.39 is 0 Å². The van der Waals surface area contributed by atoms with Gasteiger partial charge in [0, 0.05) is 25.2 Å². The average Bonchev–Trinajstić information content (AvgIpc) is 2.23. The van der Waals surface area contributed by atoms with Crippen LogP contribution in [-0.2, 0) is 0 Å². The molecule has 1 amide bonds. The number of nitrogens with two attached hydrogens (primary N) is 1. The molecule has 0 aromatic heterocycles. The van der Waals surface area contributed by atoms with Crippen LogP contribution in [-0.4, -0.2) is 41.2 Å². The first-order valence-corrected chi connectivity index (χ1v) is 5.03. The molecule has 0 aliphatic heterocycles. The molecule has 0 heterocycles. The molecule has 0 aliphatic rings. The fraction of sp³-hybridized carbons (Fsp3) is 0.364. The lowest BCUT2D eigenvalue weighted by molar-refractivity contribution is 0.0793. The van der Waals surface area contributed by atoms with Gasteiger partial charge < -0.3 is 20.8 Å². The van der Waals surface area contributed by atoms with Gasteiger partial charge in [0.05, 0.1) is 0 Å². The first kappa shape index (κ1) is 12.3. The Morgan fingerprint density at radius 1 is 1.31 bits per heavy atom. The Labute approximate surface area is 94.1 Å². The van der Waals surface area contributed by atoms with Crippen LogP contribution in [0.3, 0.4) is 0 Å². The number of phenolic OH excluding ortho intramolecular Hbond substituents is 2. The van der Waals surface area contributed by atoms with E-state index in [1.807, 2.05) is 0 Å². The molecule has 0 unspecified atom stereocenters. The summed E-state index contributed by atoms with van der Waals surface area (Å²) in [5.74, 6) is -0.509. The van der Waals surface area contributed by atoms with E-state index in [-0.39, 0.29) is 23.0 Å². The van der Waals surface area contributed by atoms with Crippen LogP contribution in [0.25, 0.3) is 0 Å². The van der Waals surface area contributed by atoms with Gasteiger partial charge in [0.15, 0.2) is 0 Å². The number of hydrogen-bond donors (Lipinski definition) is 3. The molecule has 4 N–H and O–H groups in total. The van der Waals surface area contributed by atoms with Crippen molar-refractivity contribution in [1.29, 1.82) is 0 Å². The van der Waals surface area contributed by atoms with Gasteiger partial charge >= 0.3 is 0 Å². The maximum atomic E-state index is 11.8. The molecule has 88 valence electrons. The molecule has 0 bridgehead atoms. The number of rotatable bonds is 4. The predicted octanol–water partition coefficient (Wildman–Crippen LogP) is 0.519. The zero-order valence-electron chi connectivity index (χ0n) is 9.18. The van der Waals surface area contributed by atoms with Crippen LogP contribution in [0.15, 0.2) is 18.2 Å². The summed E-state index contributed by atoms with van der Waals surface area (Å²) in [4.78, 5) is 13.3. The Balaban J connectivity index is 2.79. The lowest BCUT2D eigenvalue weighted by atomic mass is 10.1. The van der Waals surface area contributed by atoms with Gasteiger partial charge in [0.1, 0.15) is 11.5 Å². The topological polar surface area (TPSA) is 86.8 Å². The summed E-state index contributed by atoms with van der Waals surface area (Å²) in [5.41, 5.74) is 5.61. The second-order valence-electron chi connectivity index (χ2n) is 3.61. The van der Waals surface area contributed by atoms with Crippen LogP contribution in [0, 0.1) is 0 Å². The molecule has 0 saturated carbocycles. The van der Waals surface area contributed by atoms with Gasteiger partial charge in [-0.25, -0.2) is 0 Å². The lowest BCUT2D eigenvalue weighted by Gasteiger charge is -2.16. The van der Waals surface area contributed by atoms with E-state index in [0.717, 1.165) is 0 Å². The minimum Gasteiger partial charge on any atom is -0.508 e. The van der Waals surface area contributed by atoms with Crippen molar-refractivity contribution in [3.05, 3.63) is 23.8 Å². The van der Waals surface area contributed by atoms with Gasteiger partial charge in [-0.05, 0) is 25.1 Å². The number of phenols is 2. The molecule has 0 spiro atoms. The van der Waals surface area contributed by atoms with Crippen molar-refractivity contribution in [3.8, 4) is 11.5 Å². The second-order valence-corrected chi connectivity index (χ2v) is 3.61. The zero-order valence-corrected chi connectivity index (χ0v) is 9.18. The molecule has 0 saturated heterocycles. The molecular weight excluding hydrogens is 208 g/mol. The molecule has 0 aliphatic carbocycles. The van der Waals surface area contributed by atoms with Gasteiger partial charge in [-0.2, -0.15) is 0 Å². The summed E-state index contributed by atoms with van der Waals surface area (Å²) < 4.78 is 0. The number of carbonyl (C=O) groups excluding carboxylic acids is 1. The fourth-order valence-electron chi connectivity index (χ4n) is 1.37. The number of amides is 1. The van der Waals surface area contributed by atoms with E-state index in [2.05, 4.69) is 0 Å². The Bertz CT molecular complexity index is 359.